The number of carbonyl (C=O) groups excluding carboxylic acids is 1. The van der Waals surface area contributed by atoms with E-state index in [2.05, 4.69) is 26.2 Å². The quantitative estimate of drug-likeness (QED) is 0.494. The molecule has 0 saturated heterocycles. The van der Waals surface area contributed by atoms with E-state index in [-0.39, 0.29) is 5.91 Å². The van der Waals surface area contributed by atoms with E-state index in [1.165, 1.54) is 0 Å². The van der Waals surface area contributed by atoms with Gasteiger partial charge in [-0.2, -0.15) is 0 Å². The van der Waals surface area contributed by atoms with Crippen molar-refractivity contribution in [3.8, 4) is 5.75 Å². The maximum Gasteiger partial charge on any atom is 0.259 e. The van der Waals surface area contributed by atoms with Crippen molar-refractivity contribution >= 4 is 49.2 Å². The molecule has 0 bridgehead atoms. The molecule has 0 unspecified atom stereocenters. The number of nitrogens with one attached hydrogen (secondary N) is 1. The maximum atomic E-state index is 13.0. The van der Waals surface area contributed by atoms with Gasteiger partial charge in [-0.1, -0.05) is 46.3 Å². The molecule has 128 valence electrons. The van der Waals surface area contributed by atoms with Crippen LogP contribution in [0, 0.1) is 0 Å². The number of fused-ring (bicyclic) bond motifs is 2. The molecule has 0 spiro atoms. The first-order valence-corrected chi connectivity index (χ1v) is 8.87. The Bertz CT molecular complexity index is 1140. The number of aromatic nitrogens is 1. The first-order chi connectivity index (χ1) is 12.7. The summed E-state index contributed by atoms with van der Waals surface area (Å²) in [6, 6.07) is 19.2. The Morgan fingerprint density at radius 1 is 1.00 bits per heavy atom. The lowest BCUT2D eigenvalue weighted by molar-refractivity contribution is 0.102. The minimum absolute atomic E-state index is 0.238. The third-order valence-corrected chi connectivity index (χ3v) is 4.69. The molecule has 5 heteroatoms. The van der Waals surface area contributed by atoms with Crippen LogP contribution in [0.4, 0.5) is 5.69 Å². The molecule has 1 aromatic heterocycles. The minimum Gasteiger partial charge on any atom is -0.496 e. The number of rotatable bonds is 3. The van der Waals surface area contributed by atoms with Crippen molar-refractivity contribution in [2.75, 3.05) is 12.4 Å². The number of pyridine rings is 1. The summed E-state index contributed by atoms with van der Waals surface area (Å²) >= 11 is 3.49. The second-order valence-electron chi connectivity index (χ2n) is 5.88. The topological polar surface area (TPSA) is 51.2 Å². The van der Waals surface area contributed by atoms with E-state index in [0.717, 1.165) is 26.1 Å². The molecular formula is C21H15BrN2O2. The van der Waals surface area contributed by atoms with Gasteiger partial charge in [0.25, 0.3) is 5.91 Å². The molecule has 0 atom stereocenters. The number of ether oxygens (including phenoxy) is 1. The van der Waals surface area contributed by atoms with Gasteiger partial charge in [-0.3, -0.25) is 9.78 Å². The van der Waals surface area contributed by atoms with Crippen LogP contribution in [-0.2, 0) is 0 Å². The number of halogens is 1. The molecule has 0 aliphatic heterocycles. The molecule has 4 aromatic rings. The number of carbonyl (C=O) groups is 1. The zero-order chi connectivity index (χ0) is 18.1. The van der Waals surface area contributed by atoms with Crippen LogP contribution in [0.25, 0.3) is 21.7 Å². The Morgan fingerprint density at radius 2 is 1.73 bits per heavy atom. The van der Waals surface area contributed by atoms with Crippen molar-refractivity contribution in [3.05, 3.63) is 76.9 Å². The predicted octanol–water partition coefficient (Wildman–Crippen LogP) is 5.41. The summed E-state index contributed by atoms with van der Waals surface area (Å²) in [5.41, 5.74) is 1.87. The van der Waals surface area contributed by atoms with Gasteiger partial charge in [0.15, 0.2) is 0 Å². The average molecular weight is 407 g/mol. The van der Waals surface area contributed by atoms with Gasteiger partial charge in [0.2, 0.25) is 0 Å². The molecular weight excluding hydrogens is 392 g/mol. The Hall–Kier alpha value is -2.92. The molecule has 4 nitrogen and oxygen atoms in total. The van der Waals surface area contributed by atoms with Crippen molar-refractivity contribution in [1.29, 1.82) is 0 Å². The normalized spacial score (nSPS) is 10.8. The molecule has 1 heterocycles. The number of benzene rings is 3. The van der Waals surface area contributed by atoms with Crippen LogP contribution in [0.15, 0.2) is 71.3 Å². The molecule has 26 heavy (non-hydrogen) atoms. The van der Waals surface area contributed by atoms with Crippen LogP contribution in [0.3, 0.4) is 0 Å². The van der Waals surface area contributed by atoms with Crippen molar-refractivity contribution < 1.29 is 9.53 Å². The van der Waals surface area contributed by atoms with Crippen molar-refractivity contribution in [3.63, 3.8) is 0 Å². The largest absolute Gasteiger partial charge is 0.496 e. The first-order valence-electron chi connectivity index (χ1n) is 8.08. The number of amides is 1. The van der Waals surface area contributed by atoms with E-state index in [1.54, 1.807) is 13.3 Å². The third kappa shape index (κ3) is 3.02. The summed E-state index contributed by atoms with van der Waals surface area (Å²) in [6.45, 7) is 0. The smallest absolute Gasteiger partial charge is 0.259 e. The zero-order valence-corrected chi connectivity index (χ0v) is 15.6. The summed E-state index contributed by atoms with van der Waals surface area (Å²) in [7, 11) is 1.57. The first kappa shape index (κ1) is 16.5. The molecule has 3 aromatic carbocycles. The van der Waals surface area contributed by atoms with Crippen LogP contribution >= 0.6 is 15.9 Å². The highest BCUT2D eigenvalue weighted by Crippen LogP contribution is 2.30. The fourth-order valence-electron chi connectivity index (χ4n) is 3.01. The van der Waals surface area contributed by atoms with Crippen LogP contribution in [-0.4, -0.2) is 18.0 Å². The van der Waals surface area contributed by atoms with E-state index in [1.807, 2.05) is 60.7 Å². The highest BCUT2D eigenvalue weighted by Gasteiger charge is 2.16. The van der Waals surface area contributed by atoms with Crippen LogP contribution < -0.4 is 10.1 Å². The number of methoxy groups -OCH3 is 1. The molecule has 0 saturated carbocycles. The molecule has 0 aliphatic carbocycles. The number of anilines is 1. The van der Waals surface area contributed by atoms with Gasteiger partial charge in [-0.15, -0.1) is 0 Å². The summed E-state index contributed by atoms with van der Waals surface area (Å²) in [5, 5.41) is 5.92. The lowest BCUT2D eigenvalue weighted by Gasteiger charge is -2.12. The number of hydrogen-bond donors (Lipinski definition) is 1. The molecule has 0 fully saturated rings. The minimum atomic E-state index is -0.238. The van der Waals surface area contributed by atoms with Gasteiger partial charge in [0, 0.05) is 16.1 Å². The van der Waals surface area contributed by atoms with E-state index in [4.69, 9.17) is 4.74 Å². The van der Waals surface area contributed by atoms with Gasteiger partial charge in [-0.05, 0) is 41.1 Å². The fraction of sp³-hybridized carbons (Fsp3) is 0.0476. The lowest BCUT2D eigenvalue weighted by Crippen LogP contribution is -2.14. The second kappa shape index (κ2) is 6.77. The van der Waals surface area contributed by atoms with Crippen molar-refractivity contribution in [1.82, 2.24) is 4.98 Å². The molecule has 1 N–H and O–H groups in total. The number of nitrogens with zero attached hydrogens (tertiary/aromatic N) is 1. The van der Waals surface area contributed by atoms with Gasteiger partial charge in [0.05, 0.1) is 23.9 Å². The SMILES string of the molecule is COc1cc2ccccc2cc1C(=O)Nc1cc(Br)cc2cccnc12. The molecule has 0 radical (unpaired) electrons. The Kier molecular flexibility index (Phi) is 4.31. The van der Waals surface area contributed by atoms with E-state index in [9.17, 15) is 4.79 Å². The van der Waals surface area contributed by atoms with Gasteiger partial charge in [-0.25, -0.2) is 0 Å². The number of hydrogen-bond acceptors (Lipinski definition) is 3. The molecule has 0 aliphatic rings. The maximum absolute atomic E-state index is 13.0. The van der Waals surface area contributed by atoms with Gasteiger partial charge < -0.3 is 10.1 Å². The summed E-state index contributed by atoms with van der Waals surface area (Å²) in [5.74, 6) is 0.297. The Balaban J connectivity index is 1.79. The van der Waals surface area contributed by atoms with Crippen molar-refractivity contribution in [2.45, 2.75) is 0 Å². The average Bonchev–Trinajstić information content (AvgIpc) is 2.66. The van der Waals surface area contributed by atoms with Gasteiger partial charge in [0.1, 0.15) is 5.75 Å². The highest BCUT2D eigenvalue weighted by atomic mass is 79.9. The molecule has 1 amide bonds. The van der Waals surface area contributed by atoms with Crippen LogP contribution in [0.1, 0.15) is 10.4 Å². The van der Waals surface area contributed by atoms with E-state index >= 15 is 0 Å². The summed E-state index contributed by atoms with van der Waals surface area (Å²) in [6.07, 6.45) is 1.71. The van der Waals surface area contributed by atoms with E-state index in [0.29, 0.717) is 17.0 Å². The van der Waals surface area contributed by atoms with Crippen LogP contribution in [0.2, 0.25) is 0 Å². The standard InChI is InChI=1S/C21H15BrN2O2/c1-26-19-11-14-6-3-2-5-13(14)10-17(19)21(25)24-18-12-16(22)9-15-7-4-8-23-20(15)18/h2-12H,1H3,(H,24,25). The monoisotopic (exact) mass is 406 g/mol. The third-order valence-electron chi connectivity index (χ3n) is 4.23. The zero-order valence-electron chi connectivity index (χ0n) is 14.0. The fourth-order valence-corrected chi connectivity index (χ4v) is 3.48. The summed E-state index contributed by atoms with van der Waals surface area (Å²) < 4.78 is 6.31. The predicted molar refractivity (Wildman–Crippen MR) is 108 cm³/mol. The van der Waals surface area contributed by atoms with Crippen molar-refractivity contribution in [2.24, 2.45) is 0 Å². The van der Waals surface area contributed by atoms with Crippen LogP contribution in [0.5, 0.6) is 5.75 Å². The molecule has 4 rings (SSSR count). The van der Waals surface area contributed by atoms with E-state index < -0.39 is 0 Å². The highest BCUT2D eigenvalue weighted by molar-refractivity contribution is 9.10. The lowest BCUT2D eigenvalue weighted by atomic mass is 10.0. The summed E-state index contributed by atoms with van der Waals surface area (Å²) in [4.78, 5) is 17.4. The Labute approximate surface area is 158 Å². The second-order valence-corrected chi connectivity index (χ2v) is 6.80. The Morgan fingerprint density at radius 3 is 2.50 bits per heavy atom. The van der Waals surface area contributed by atoms with Gasteiger partial charge >= 0.3 is 0 Å².